The molecule has 8 heteroatoms. The third-order valence-electron chi connectivity index (χ3n) is 2.47. The second-order valence-electron chi connectivity index (χ2n) is 3.96. The van der Waals surface area contributed by atoms with Gasteiger partial charge < -0.3 is 5.32 Å². The van der Waals surface area contributed by atoms with Crippen LogP contribution < -0.4 is 5.32 Å². The van der Waals surface area contributed by atoms with E-state index in [4.69, 9.17) is 0 Å². The molecule has 0 aliphatic rings. The number of halogens is 2. The summed E-state index contributed by atoms with van der Waals surface area (Å²) in [6.45, 7) is 1.76. The Morgan fingerprint density at radius 1 is 1.35 bits per heavy atom. The number of aryl methyl sites for hydroxylation is 1. The fourth-order valence-electron chi connectivity index (χ4n) is 1.54. The minimum Gasteiger partial charge on any atom is -0.316 e. The van der Waals surface area contributed by atoms with Gasteiger partial charge in [0.05, 0.1) is 13.6 Å². The maximum atomic E-state index is 12.1. The molecular formula is C12H8Br2N2O3S. The molecule has 0 unspecified atom stereocenters. The maximum Gasteiger partial charge on any atom is 0.293 e. The van der Waals surface area contributed by atoms with Crippen molar-refractivity contribution in [3.05, 3.63) is 53.1 Å². The first-order valence-corrected chi connectivity index (χ1v) is 7.80. The summed E-state index contributed by atoms with van der Waals surface area (Å²) in [4.78, 5) is 23.0. The van der Waals surface area contributed by atoms with Gasteiger partial charge in [0.25, 0.3) is 11.6 Å². The van der Waals surface area contributed by atoms with E-state index in [-0.39, 0.29) is 17.3 Å². The van der Waals surface area contributed by atoms with E-state index in [9.17, 15) is 14.9 Å². The molecule has 5 nitrogen and oxygen atoms in total. The topological polar surface area (TPSA) is 72.2 Å². The molecule has 104 valence electrons. The molecule has 2 rings (SSSR count). The fourth-order valence-corrected chi connectivity index (χ4v) is 3.47. The zero-order valence-electron chi connectivity index (χ0n) is 10.1. The Bertz CT molecular complexity index is 681. The lowest BCUT2D eigenvalue weighted by Crippen LogP contribution is -2.11. The van der Waals surface area contributed by atoms with E-state index in [0.717, 1.165) is 13.8 Å². The van der Waals surface area contributed by atoms with E-state index in [1.165, 1.54) is 23.5 Å². The molecule has 1 aromatic carbocycles. The predicted molar refractivity (Wildman–Crippen MR) is 85.5 cm³/mol. The van der Waals surface area contributed by atoms with Gasteiger partial charge in [0, 0.05) is 10.5 Å². The third-order valence-corrected chi connectivity index (χ3v) is 5.72. The highest BCUT2D eigenvalue weighted by Crippen LogP contribution is 2.33. The quantitative estimate of drug-likeness (QED) is 0.576. The Morgan fingerprint density at radius 3 is 2.60 bits per heavy atom. The summed E-state index contributed by atoms with van der Waals surface area (Å²) >= 11 is 7.84. The van der Waals surface area contributed by atoms with Crippen molar-refractivity contribution in [2.75, 3.05) is 5.32 Å². The van der Waals surface area contributed by atoms with Crippen molar-refractivity contribution in [2.45, 2.75) is 6.92 Å². The molecular weight excluding hydrogens is 412 g/mol. The van der Waals surface area contributed by atoms with Crippen LogP contribution in [0.15, 0.2) is 32.5 Å². The van der Waals surface area contributed by atoms with Gasteiger partial charge in [-0.1, -0.05) is 6.07 Å². The Kier molecular flexibility index (Phi) is 4.56. The van der Waals surface area contributed by atoms with Crippen molar-refractivity contribution in [2.24, 2.45) is 0 Å². The predicted octanol–water partition coefficient (Wildman–Crippen LogP) is 4.74. The minimum absolute atomic E-state index is 0.118. The number of nitro benzene ring substituents is 1. The number of nitrogens with zero attached hydrogens (tertiary/aromatic N) is 1. The van der Waals surface area contributed by atoms with Gasteiger partial charge in [-0.25, -0.2) is 0 Å². The highest BCUT2D eigenvalue weighted by molar-refractivity contribution is 9.13. The lowest BCUT2D eigenvalue weighted by atomic mass is 10.2. The second-order valence-corrected chi connectivity index (χ2v) is 7.19. The number of amides is 1. The monoisotopic (exact) mass is 418 g/mol. The van der Waals surface area contributed by atoms with E-state index in [1.807, 2.05) is 0 Å². The molecule has 1 amide bonds. The van der Waals surface area contributed by atoms with Crippen LogP contribution in [0.3, 0.4) is 0 Å². The number of thiophene rings is 1. The summed E-state index contributed by atoms with van der Waals surface area (Å²) in [6, 6.07) is 6.33. The standard InChI is InChI=1S/C12H8Br2N2O3S/c1-6-2-3-8(9(4-6)16(18)19)15-12(17)10-5-7(13)11(14)20-10/h2-5H,1H3,(H,15,17). The molecule has 1 N–H and O–H groups in total. The van der Waals surface area contributed by atoms with Gasteiger partial charge in [0.1, 0.15) is 5.69 Å². The van der Waals surface area contributed by atoms with Crippen molar-refractivity contribution in [1.82, 2.24) is 0 Å². The summed E-state index contributed by atoms with van der Waals surface area (Å²) in [5.41, 5.74) is 0.829. The molecule has 0 spiro atoms. The van der Waals surface area contributed by atoms with Crippen LogP contribution in [-0.2, 0) is 0 Å². The number of hydrogen-bond donors (Lipinski definition) is 1. The zero-order chi connectivity index (χ0) is 14.9. The van der Waals surface area contributed by atoms with Crippen LogP contribution in [0.5, 0.6) is 0 Å². The first kappa shape index (κ1) is 15.1. The van der Waals surface area contributed by atoms with E-state index in [0.29, 0.717) is 4.88 Å². The van der Waals surface area contributed by atoms with E-state index < -0.39 is 4.92 Å². The molecule has 0 fully saturated rings. The van der Waals surface area contributed by atoms with Gasteiger partial charge in [0.15, 0.2) is 0 Å². The molecule has 0 saturated carbocycles. The number of benzene rings is 1. The highest BCUT2D eigenvalue weighted by atomic mass is 79.9. The second kappa shape index (κ2) is 6.02. The summed E-state index contributed by atoms with van der Waals surface area (Å²) in [5, 5.41) is 13.6. The number of carbonyl (C=O) groups excluding carboxylic acids is 1. The Hall–Kier alpha value is -1.25. The molecule has 0 aliphatic carbocycles. The van der Waals surface area contributed by atoms with Crippen LogP contribution in [0.4, 0.5) is 11.4 Å². The Balaban J connectivity index is 2.30. The SMILES string of the molecule is Cc1ccc(NC(=O)c2cc(Br)c(Br)s2)c([N+](=O)[O-])c1. The first-order valence-electron chi connectivity index (χ1n) is 5.39. The maximum absolute atomic E-state index is 12.1. The average molecular weight is 420 g/mol. The smallest absolute Gasteiger partial charge is 0.293 e. The van der Waals surface area contributed by atoms with E-state index in [1.54, 1.807) is 19.1 Å². The molecule has 0 aliphatic heterocycles. The van der Waals surface area contributed by atoms with Gasteiger partial charge in [-0.15, -0.1) is 11.3 Å². The van der Waals surface area contributed by atoms with Crippen LogP contribution in [0.25, 0.3) is 0 Å². The van der Waals surface area contributed by atoms with Gasteiger partial charge >= 0.3 is 0 Å². The van der Waals surface area contributed by atoms with Crippen molar-refractivity contribution in [1.29, 1.82) is 0 Å². The number of carbonyl (C=O) groups is 1. The van der Waals surface area contributed by atoms with Crippen LogP contribution in [0, 0.1) is 17.0 Å². The number of nitrogens with one attached hydrogen (secondary N) is 1. The van der Waals surface area contributed by atoms with Crippen LogP contribution in [0.1, 0.15) is 15.2 Å². The minimum atomic E-state index is -0.511. The Morgan fingerprint density at radius 2 is 2.05 bits per heavy atom. The van der Waals surface area contributed by atoms with E-state index in [2.05, 4.69) is 37.2 Å². The third kappa shape index (κ3) is 3.25. The largest absolute Gasteiger partial charge is 0.316 e. The van der Waals surface area contributed by atoms with Gasteiger partial charge in [-0.3, -0.25) is 14.9 Å². The molecule has 20 heavy (non-hydrogen) atoms. The average Bonchev–Trinajstić information content (AvgIpc) is 2.71. The first-order chi connectivity index (χ1) is 9.38. The van der Waals surface area contributed by atoms with E-state index >= 15 is 0 Å². The number of nitro groups is 1. The lowest BCUT2D eigenvalue weighted by Gasteiger charge is -2.05. The summed E-state index contributed by atoms with van der Waals surface area (Å²) in [5.74, 6) is -0.381. The molecule has 1 heterocycles. The van der Waals surface area contributed by atoms with Crippen LogP contribution in [0.2, 0.25) is 0 Å². The highest BCUT2D eigenvalue weighted by Gasteiger charge is 2.18. The van der Waals surface area contributed by atoms with Crippen molar-refractivity contribution in [3.63, 3.8) is 0 Å². The summed E-state index contributed by atoms with van der Waals surface area (Å²) in [7, 11) is 0. The Labute approximate surface area is 135 Å². The molecule has 0 radical (unpaired) electrons. The lowest BCUT2D eigenvalue weighted by molar-refractivity contribution is -0.384. The number of anilines is 1. The zero-order valence-corrected chi connectivity index (χ0v) is 14.1. The molecule has 0 bridgehead atoms. The van der Waals surface area contributed by atoms with Gasteiger partial charge in [-0.05, 0) is 56.5 Å². The van der Waals surface area contributed by atoms with Crippen molar-refractivity contribution in [3.8, 4) is 0 Å². The summed E-state index contributed by atoms with van der Waals surface area (Å²) in [6.07, 6.45) is 0. The normalized spacial score (nSPS) is 10.3. The molecule has 0 saturated heterocycles. The van der Waals surface area contributed by atoms with Crippen molar-refractivity contribution < 1.29 is 9.72 Å². The summed E-state index contributed by atoms with van der Waals surface area (Å²) < 4.78 is 1.56. The van der Waals surface area contributed by atoms with Gasteiger partial charge in [-0.2, -0.15) is 0 Å². The molecule has 2 aromatic rings. The van der Waals surface area contributed by atoms with Crippen molar-refractivity contribution >= 4 is 60.5 Å². The van der Waals surface area contributed by atoms with Gasteiger partial charge in [0.2, 0.25) is 0 Å². The fraction of sp³-hybridized carbons (Fsp3) is 0.0833. The molecule has 0 atom stereocenters. The number of hydrogen-bond acceptors (Lipinski definition) is 4. The van der Waals surface area contributed by atoms with Crippen LogP contribution in [-0.4, -0.2) is 10.8 Å². The number of rotatable bonds is 3. The van der Waals surface area contributed by atoms with Crippen LogP contribution >= 0.6 is 43.2 Å². The molecule has 1 aromatic heterocycles.